The van der Waals surface area contributed by atoms with Gasteiger partial charge in [0.2, 0.25) is 5.82 Å². The molecule has 3 heterocycles. The van der Waals surface area contributed by atoms with Crippen LogP contribution in [0.5, 0.6) is 0 Å². The molecule has 0 amide bonds. The second-order valence-electron chi connectivity index (χ2n) is 3.59. The molecular formula is C10H9N7O. The maximum Gasteiger partial charge on any atom is 0.280 e. The molecule has 3 aromatic rings. The summed E-state index contributed by atoms with van der Waals surface area (Å²) in [5, 5.41) is 8.01. The Hall–Kier alpha value is -2.77. The van der Waals surface area contributed by atoms with Crippen molar-refractivity contribution in [2.24, 2.45) is 7.05 Å². The molecule has 2 N–H and O–H groups in total. The van der Waals surface area contributed by atoms with Crippen LogP contribution in [0.1, 0.15) is 0 Å². The summed E-state index contributed by atoms with van der Waals surface area (Å²) in [7, 11) is 1.81. The van der Waals surface area contributed by atoms with Gasteiger partial charge in [0.25, 0.3) is 5.89 Å². The third kappa shape index (κ3) is 1.69. The summed E-state index contributed by atoms with van der Waals surface area (Å²) >= 11 is 0. The monoisotopic (exact) mass is 243 g/mol. The van der Waals surface area contributed by atoms with E-state index < -0.39 is 0 Å². The normalized spacial score (nSPS) is 10.7. The van der Waals surface area contributed by atoms with E-state index in [1.165, 1.54) is 12.4 Å². The first-order valence-electron chi connectivity index (χ1n) is 5.14. The van der Waals surface area contributed by atoms with Crippen LogP contribution in [0, 0.1) is 0 Å². The SMILES string of the molecule is Cn1ccc(-c2noc(-c3nccnc3N)n2)n1. The molecule has 18 heavy (non-hydrogen) atoms. The maximum atomic E-state index is 5.68. The van der Waals surface area contributed by atoms with Crippen LogP contribution < -0.4 is 5.73 Å². The highest BCUT2D eigenvalue weighted by atomic mass is 16.5. The van der Waals surface area contributed by atoms with E-state index in [-0.39, 0.29) is 11.7 Å². The molecule has 0 aliphatic carbocycles. The number of hydrogen-bond acceptors (Lipinski definition) is 7. The highest BCUT2D eigenvalue weighted by Gasteiger charge is 2.15. The Kier molecular flexibility index (Phi) is 2.26. The predicted molar refractivity (Wildman–Crippen MR) is 61.9 cm³/mol. The fourth-order valence-electron chi connectivity index (χ4n) is 1.47. The molecule has 3 rings (SSSR count). The molecule has 8 nitrogen and oxygen atoms in total. The summed E-state index contributed by atoms with van der Waals surface area (Å²) in [6, 6.07) is 1.79. The van der Waals surface area contributed by atoms with Gasteiger partial charge in [0.1, 0.15) is 5.69 Å². The summed E-state index contributed by atoms with van der Waals surface area (Å²) in [5.41, 5.74) is 6.67. The van der Waals surface area contributed by atoms with Crippen LogP contribution >= 0.6 is 0 Å². The first kappa shape index (κ1) is 10.4. The molecule has 0 aliphatic heterocycles. The molecule has 0 atom stereocenters. The number of aryl methyl sites for hydroxylation is 1. The molecule has 0 aromatic carbocycles. The van der Waals surface area contributed by atoms with Gasteiger partial charge in [-0.2, -0.15) is 10.1 Å². The van der Waals surface area contributed by atoms with Gasteiger partial charge in [0.15, 0.2) is 11.5 Å². The van der Waals surface area contributed by atoms with Crippen LogP contribution in [-0.4, -0.2) is 29.9 Å². The van der Waals surface area contributed by atoms with Crippen LogP contribution in [0.2, 0.25) is 0 Å². The second kappa shape index (κ2) is 3.91. The molecule has 0 saturated carbocycles. The van der Waals surface area contributed by atoms with Crippen molar-refractivity contribution < 1.29 is 4.52 Å². The first-order valence-corrected chi connectivity index (χ1v) is 5.14. The standard InChI is InChI=1S/C10H9N7O/c1-17-5-2-6(15-17)9-14-10(18-16-9)7-8(11)13-4-3-12-7/h2-5H,1H3,(H2,11,13). The Morgan fingerprint density at radius 2 is 2.11 bits per heavy atom. The minimum Gasteiger partial charge on any atom is -0.382 e. The second-order valence-corrected chi connectivity index (χ2v) is 3.59. The van der Waals surface area contributed by atoms with Crippen molar-refractivity contribution in [3.8, 4) is 23.1 Å². The minimum absolute atomic E-state index is 0.223. The lowest BCUT2D eigenvalue weighted by atomic mass is 10.4. The van der Waals surface area contributed by atoms with Crippen molar-refractivity contribution in [2.45, 2.75) is 0 Å². The van der Waals surface area contributed by atoms with Gasteiger partial charge in [-0.3, -0.25) is 4.68 Å². The molecule has 0 radical (unpaired) electrons. The Labute approximate surface area is 101 Å². The molecule has 0 saturated heterocycles. The molecule has 0 aliphatic rings. The average molecular weight is 243 g/mol. The topological polar surface area (TPSA) is 109 Å². The van der Waals surface area contributed by atoms with Crippen molar-refractivity contribution in [3.63, 3.8) is 0 Å². The van der Waals surface area contributed by atoms with Crippen molar-refractivity contribution >= 4 is 5.82 Å². The Balaban J connectivity index is 2.02. The Morgan fingerprint density at radius 1 is 1.28 bits per heavy atom. The average Bonchev–Trinajstić information content (AvgIpc) is 2.98. The Morgan fingerprint density at radius 3 is 2.83 bits per heavy atom. The third-order valence-corrected chi connectivity index (χ3v) is 2.30. The van der Waals surface area contributed by atoms with E-state index in [0.717, 1.165) is 0 Å². The summed E-state index contributed by atoms with van der Waals surface area (Å²) in [6.07, 6.45) is 4.80. The number of nitrogens with zero attached hydrogens (tertiary/aromatic N) is 6. The van der Waals surface area contributed by atoms with Crippen LogP contribution in [0.25, 0.3) is 23.1 Å². The van der Waals surface area contributed by atoms with Crippen molar-refractivity contribution in [1.82, 2.24) is 29.9 Å². The van der Waals surface area contributed by atoms with Crippen molar-refractivity contribution in [1.29, 1.82) is 0 Å². The largest absolute Gasteiger partial charge is 0.382 e. The van der Waals surface area contributed by atoms with Gasteiger partial charge in [0, 0.05) is 25.6 Å². The van der Waals surface area contributed by atoms with E-state index in [9.17, 15) is 0 Å². The summed E-state index contributed by atoms with van der Waals surface area (Å²) < 4.78 is 6.76. The van der Waals surface area contributed by atoms with Gasteiger partial charge in [0.05, 0.1) is 0 Å². The lowest BCUT2D eigenvalue weighted by Crippen LogP contribution is -1.96. The zero-order valence-corrected chi connectivity index (χ0v) is 9.48. The number of aromatic nitrogens is 6. The number of anilines is 1. The maximum absolute atomic E-state index is 5.68. The number of nitrogens with two attached hydrogens (primary N) is 1. The predicted octanol–water partition coefficient (Wildman–Crippen LogP) is 0.509. The highest BCUT2D eigenvalue weighted by molar-refractivity contribution is 5.63. The van der Waals surface area contributed by atoms with E-state index in [0.29, 0.717) is 17.2 Å². The zero-order chi connectivity index (χ0) is 12.5. The molecule has 3 aromatic heterocycles. The van der Waals surface area contributed by atoms with Crippen LogP contribution in [-0.2, 0) is 7.05 Å². The van der Waals surface area contributed by atoms with Gasteiger partial charge in [-0.15, -0.1) is 0 Å². The van der Waals surface area contributed by atoms with E-state index in [1.807, 2.05) is 7.05 Å². The first-order chi connectivity index (χ1) is 8.74. The van der Waals surface area contributed by atoms with E-state index in [2.05, 4.69) is 25.2 Å². The summed E-state index contributed by atoms with van der Waals surface area (Å²) in [6.45, 7) is 0. The summed E-state index contributed by atoms with van der Waals surface area (Å²) in [4.78, 5) is 12.1. The lowest BCUT2D eigenvalue weighted by molar-refractivity contribution is 0.430. The van der Waals surface area contributed by atoms with Crippen molar-refractivity contribution in [3.05, 3.63) is 24.7 Å². The number of hydrogen-bond donors (Lipinski definition) is 1. The van der Waals surface area contributed by atoms with E-state index >= 15 is 0 Å². The summed E-state index contributed by atoms with van der Waals surface area (Å²) in [5.74, 6) is 0.852. The fourth-order valence-corrected chi connectivity index (χ4v) is 1.47. The molecule has 0 fully saturated rings. The molecule has 90 valence electrons. The van der Waals surface area contributed by atoms with Crippen LogP contribution in [0.15, 0.2) is 29.2 Å². The molecule has 0 spiro atoms. The minimum atomic E-state index is 0.223. The van der Waals surface area contributed by atoms with Gasteiger partial charge in [-0.1, -0.05) is 5.16 Å². The van der Waals surface area contributed by atoms with E-state index in [1.54, 1.807) is 16.9 Å². The third-order valence-electron chi connectivity index (χ3n) is 2.30. The molecule has 0 unspecified atom stereocenters. The van der Waals surface area contributed by atoms with Gasteiger partial charge in [-0.05, 0) is 6.07 Å². The van der Waals surface area contributed by atoms with Gasteiger partial charge >= 0.3 is 0 Å². The van der Waals surface area contributed by atoms with Crippen molar-refractivity contribution in [2.75, 3.05) is 5.73 Å². The Bertz CT molecular complexity index is 687. The number of nitrogen functional groups attached to an aromatic ring is 1. The molecular weight excluding hydrogens is 234 g/mol. The van der Waals surface area contributed by atoms with E-state index in [4.69, 9.17) is 10.3 Å². The number of rotatable bonds is 2. The van der Waals surface area contributed by atoms with Crippen LogP contribution in [0.4, 0.5) is 5.82 Å². The molecule has 0 bridgehead atoms. The van der Waals surface area contributed by atoms with Gasteiger partial charge < -0.3 is 10.3 Å². The smallest absolute Gasteiger partial charge is 0.280 e. The fraction of sp³-hybridized carbons (Fsp3) is 0.100. The van der Waals surface area contributed by atoms with Crippen LogP contribution in [0.3, 0.4) is 0 Å². The zero-order valence-electron chi connectivity index (χ0n) is 9.48. The molecule has 8 heteroatoms. The lowest BCUT2D eigenvalue weighted by Gasteiger charge is -1.95. The highest BCUT2D eigenvalue weighted by Crippen LogP contribution is 2.22. The quantitative estimate of drug-likeness (QED) is 0.698. The van der Waals surface area contributed by atoms with Gasteiger partial charge in [-0.25, -0.2) is 9.97 Å².